The molecule has 4 rings (SSSR count). The summed E-state index contributed by atoms with van der Waals surface area (Å²) < 4.78 is 12.7. The second-order valence-corrected chi connectivity index (χ2v) is 6.97. The van der Waals surface area contributed by atoms with Gasteiger partial charge < -0.3 is 9.47 Å². The number of rotatable bonds is 2. The SMILES string of the molecule is CC1(c2ccccc2)CC2CC(C)(c3ccccc3)OC2O1. The van der Waals surface area contributed by atoms with Gasteiger partial charge in [-0.25, -0.2) is 0 Å². The highest BCUT2D eigenvalue weighted by Gasteiger charge is 2.54. The molecule has 0 aromatic heterocycles. The van der Waals surface area contributed by atoms with E-state index in [1.165, 1.54) is 11.1 Å². The largest absolute Gasteiger partial charge is 0.341 e. The molecular weight excluding hydrogens is 272 g/mol. The molecule has 0 bridgehead atoms. The van der Waals surface area contributed by atoms with Crippen LogP contribution in [0.3, 0.4) is 0 Å². The smallest absolute Gasteiger partial charge is 0.162 e. The Morgan fingerprint density at radius 3 is 1.50 bits per heavy atom. The molecule has 22 heavy (non-hydrogen) atoms. The summed E-state index contributed by atoms with van der Waals surface area (Å²) >= 11 is 0. The third-order valence-corrected chi connectivity index (χ3v) is 5.21. The van der Waals surface area contributed by atoms with Crippen molar-refractivity contribution < 1.29 is 9.47 Å². The predicted molar refractivity (Wildman–Crippen MR) is 86.3 cm³/mol. The molecule has 0 amide bonds. The highest BCUT2D eigenvalue weighted by molar-refractivity contribution is 5.26. The first-order valence-electron chi connectivity index (χ1n) is 8.06. The van der Waals surface area contributed by atoms with Crippen molar-refractivity contribution in [1.29, 1.82) is 0 Å². The zero-order chi connectivity index (χ0) is 15.2. The van der Waals surface area contributed by atoms with Crippen LogP contribution in [0.2, 0.25) is 0 Å². The van der Waals surface area contributed by atoms with Gasteiger partial charge in [-0.05, 0) is 37.8 Å². The predicted octanol–water partition coefficient (Wildman–Crippen LogP) is 4.60. The van der Waals surface area contributed by atoms with E-state index in [0.29, 0.717) is 5.92 Å². The summed E-state index contributed by atoms with van der Waals surface area (Å²) in [5, 5.41) is 0. The molecule has 0 N–H and O–H groups in total. The maximum absolute atomic E-state index is 6.35. The van der Waals surface area contributed by atoms with Crippen molar-refractivity contribution in [3.63, 3.8) is 0 Å². The number of hydrogen-bond donors (Lipinski definition) is 0. The summed E-state index contributed by atoms with van der Waals surface area (Å²) in [7, 11) is 0. The quantitative estimate of drug-likeness (QED) is 0.806. The zero-order valence-corrected chi connectivity index (χ0v) is 13.2. The van der Waals surface area contributed by atoms with Crippen molar-refractivity contribution in [1.82, 2.24) is 0 Å². The van der Waals surface area contributed by atoms with Gasteiger partial charge in [-0.15, -0.1) is 0 Å². The number of ether oxygens (including phenoxy) is 2. The van der Waals surface area contributed by atoms with E-state index in [9.17, 15) is 0 Å². The molecule has 2 aliphatic rings. The molecule has 2 nitrogen and oxygen atoms in total. The highest BCUT2D eigenvalue weighted by Crippen LogP contribution is 2.53. The van der Waals surface area contributed by atoms with E-state index < -0.39 is 0 Å². The van der Waals surface area contributed by atoms with Gasteiger partial charge in [0.1, 0.15) is 0 Å². The molecule has 2 aromatic carbocycles. The van der Waals surface area contributed by atoms with Gasteiger partial charge in [-0.2, -0.15) is 0 Å². The van der Waals surface area contributed by atoms with Gasteiger partial charge in [0.25, 0.3) is 0 Å². The minimum Gasteiger partial charge on any atom is -0.341 e. The Kier molecular flexibility index (Phi) is 3.14. The standard InChI is InChI=1S/C20H22O2/c1-19(16-9-5-3-6-10-16)13-15-14-20(2,22-18(15)21-19)17-11-7-4-8-12-17/h3-12,15,18H,13-14H2,1-2H3. The van der Waals surface area contributed by atoms with Crippen LogP contribution in [-0.4, -0.2) is 6.29 Å². The molecule has 2 heterocycles. The third kappa shape index (κ3) is 2.18. The summed E-state index contributed by atoms with van der Waals surface area (Å²) in [6.07, 6.45) is 1.93. The van der Waals surface area contributed by atoms with Gasteiger partial charge in [0.05, 0.1) is 11.2 Å². The van der Waals surface area contributed by atoms with Crippen molar-refractivity contribution in [3.05, 3.63) is 71.8 Å². The molecule has 2 unspecified atom stereocenters. The summed E-state index contributed by atoms with van der Waals surface area (Å²) in [5.74, 6) is 0.454. The van der Waals surface area contributed by atoms with E-state index in [1.807, 2.05) is 12.1 Å². The molecule has 0 spiro atoms. The Balaban J connectivity index is 1.56. The van der Waals surface area contributed by atoms with Crippen molar-refractivity contribution in [2.24, 2.45) is 5.92 Å². The lowest BCUT2D eigenvalue weighted by molar-refractivity contribution is -0.197. The average molecular weight is 294 g/mol. The van der Waals surface area contributed by atoms with Crippen LogP contribution in [0.4, 0.5) is 0 Å². The van der Waals surface area contributed by atoms with Crippen LogP contribution in [-0.2, 0) is 20.7 Å². The van der Waals surface area contributed by atoms with Crippen LogP contribution in [0.25, 0.3) is 0 Å². The van der Waals surface area contributed by atoms with Crippen LogP contribution in [0.15, 0.2) is 60.7 Å². The first kappa shape index (κ1) is 14.0. The van der Waals surface area contributed by atoms with Gasteiger partial charge in [0.15, 0.2) is 6.29 Å². The Labute approximate surface area is 132 Å². The summed E-state index contributed by atoms with van der Waals surface area (Å²) in [6, 6.07) is 21.0. The molecule has 0 aliphatic carbocycles. The molecule has 2 aromatic rings. The van der Waals surface area contributed by atoms with Crippen LogP contribution in [0.1, 0.15) is 37.8 Å². The maximum atomic E-state index is 6.35. The molecular formula is C20H22O2. The van der Waals surface area contributed by atoms with Crippen molar-refractivity contribution in [3.8, 4) is 0 Å². The van der Waals surface area contributed by atoms with E-state index >= 15 is 0 Å². The van der Waals surface area contributed by atoms with Crippen LogP contribution >= 0.6 is 0 Å². The fourth-order valence-corrected chi connectivity index (χ4v) is 4.04. The monoisotopic (exact) mass is 294 g/mol. The lowest BCUT2D eigenvalue weighted by Crippen LogP contribution is -2.28. The Morgan fingerprint density at radius 2 is 1.14 bits per heavy atom. The molecule has 114 valence electrons. The topological polar surface area (TPSA) is 18.5 Å². The van der Waals surface area contributed by atoms with Gasteiger partial charge in [-0.1, -0.05) is 60.7 Å². The van der Waals surface area contributed by atoms with Crippen LogP contribution in [0, 0.1) is 5.92 Å². The number of benzene rings is 2. The summed E-state index contributed by atoms with van der Waals surface area (Å²) in [6.45, 7) is 4.37. The minimum atomic E-state index is -0.228. The first-order valence-corrected chi connectivity index (χ1v) is 8.06. The van der Waals surface area contributed by atoms with Gasteiger partial charge in [0, 0.05) is 5.92 Å². The van der Waals surface area contributed by atoms with E-state index in [-0.39, 0.29) is 17.5 Å². The molecule has 2 heteroatoms. The average Bonchev–Trinajstić information content (AvgIpc) is 3.01. The second kappa shape index (κ2) is 4.94. The summed E-state index contributed by atoms with van der Waals surface area (Å²) in [5.41, 5.74) is 2.03. The Bertz CT molecular complexity index is 578. The third-order valence-electron chi connectivity index (χ3n) is 5.21. The van der Waals surface area contributed by atoms with Crippen LogP contribution in [0.5, 0.6) is 0 Å². The molecule has 2 aliphatic heterocycles. The minimum absolute atomic E-state index is 0.101. The normalized spacial score (nSPS) is 37.2. The fourth-order valence-electron chi connectivity index (χ4n) is 4.04. The Morgan fingerprint density at radius 1 is 0.727 bits per heavy atom. The summed E-state index contributed by atoms with van der Waals surface area (Å²) in [4.78, 5) is 0. The fraction of sp³-hybridized carbons (Fsp3) is 0.400. The van der Waals surface area contributed by atoms with Crippen molar-refractivity contribution in [2.45, 2.75) is 44.2 Å². The second-order valence-electron chi connectivity index (χ2n) is 6.97. The van der Waals surface area contributed by atoms with Gasteiger partial charge >= 0.3 is 0 Å². The van der Waals surface area contributed by atoms with Gasteiger partial charge in [0.2, 0.25) is 0 Å². The molecule has 0 saturated carbocycles. The Hall–Kier alpha value is -1.64. The molecule has 2 atom stereocenters. The molecule has 2 saturated heterocycles. The number of fused-ring (bicyclic) bond motifs is 1. The van der Waals surface area contributed by atoms with Crippen molar-refractivity contribution in [2.75, 3.05) is 0 Å². The number of hydrogen-bond acceptors (Lipinski definition) is 2. The van der Waals surface area contributed by atoms with E-state index in [4.69, 9.17) is 9.47 Å². The van der Waals surface area contributed by atoms with Gasteiger partial charge in [-0.3, -0.25) is 0 Å². The molecule has 0 radical (unpaired) electrons. The van der Waals surface area contributed by atoms with E-state index in [1.54, 1.807) is 0 Å². The van der Waals surface area contributed by atoms with Crippen LogP contribution < -0.4 is 0 Å². The lowest BCUT2D eigenvalue weighted by Gasteiger charge is -2.30. The molecule has 2 fully saturated rings. The zero-order valence-electron chi connectivity index (χ0n) is 13.2. The lowest BCUT2D eigenvalue weighted by atomic mass is 9.83. The highest BCUT2D eigenvalue weighted by atomic mass is 16.7. The maximum Gasteiger partial charge on any atom is 0.162 e. The van der Waals surface area contributed by atoms with E-state index in [2.05, 4.69) is 62.4 Å². The van der Waals surface area contributed by atoms with Crippen molar-refractivity contribution >= 4 is 0 Å². The van der Waals surface area contributed by atoms with E-state index in [0.717, 1.165) is 12.8 Å². The first-order chi connectivity index (χ1) is 10.6.